The minimum Gasteiger partial charge on any atom is -0.390 e. The van der Waals surface area contributed by atoms with Crippen molar-refractivity contribution in [1.82, 2.24) is 29.6 Å². The minimum atomic E-state index is -0.649. The molecule has 1 aliphatic heterocycles. The first-order valence-electron chi connectivity index (χ1n) is 11.1. The number of aryl methyl sites for hydroxylation is 1. The van der Waals surface area contributed by atoms with Gasteiger partial charge in [0.15, 0.2) is 0 Å². The van der Waals surface area contributed by atoms with Gasteiger partial charge in [-0.2, -0.15) is 0 Å². The molecule has 5 rings (SSSR count). The average molecular weight is 443 g/mol. The number of hydrogen-bond acceptors (Lipinski definition) is 6. The van der Waals surface area contributed by atoms with E-state index in [1.54, 1.807) is 18.6 Å². The van der Waals surface area contributed by atoms with Gasteiger partial charge in [0.25, 0.3) is 5.91 Å². The van der Waals surface area contributed by atoms with E-state index in [9.17, 15) is 9.90 Å². The largest absolute Gasteiger partial charge is 0.390 e. The molecule has 0 spiro atoms. The van der Waals surface area contributed by atoms with Crippen LogP contribution in [-0.4, -0.2) is 61.0 Å². The number of aliphatic hydroxyl groups excluding tert-OH is 1. The van der Waals surface area contributed by atoms with Crippen LogP contribution in [0, 0.1) is 6.92 Å². The van der Waals surface area contributed by atoms with E-state index in [2.05, 4.69) is 43.4 Å². The Kier molecular flexibility index (Phi) is 5.85. The summed E-state index contributed by atoms with van der Waals surface area (Å²) in [6.07, 6.45) is 7.47. The number of nitrogens with one attached hydrogen (secondary N) is 1. The summed E-state index contributed by atoms with van der Waals surface area (Å²) < 4.78 is 1.81. The summed E-state index contributed by atoms with van der Waals surface area (Å²) in [5, 5.41) is 13.3. The number of imidazole rings is 1. The first-order valence-corrected chi connectivity index (χ1v) is 11.1. The van der Waals surface area contributed by atoms with Crippen LogP contribution in [0.3, 0.4) is 0 Å². The highest BCUT2D eigenvalue weighted by molar-refractivity contribution is 5.92. The molecule has 0 unspecified atom stereocenters. The molecule has 0 aliphatic carbocycles. The number of hydrogen-bond donors (Lipinski definition) is 2. The summed E-state index contributed by atoms with van der Waals surface area (Å²) in [6.45, 7) is 4.26. The number of amides is 1. The Balaban J connectivity index is 1.19. The van der Waals surface area contributed by atoms with Gasteiger partial charge in [0.1, 0.15) is 17.2 Å². The molecular weight excluding hydrogens is 416 g/mol. The molecule has 0 saturated carbocycles. The van der Waals surface area contributed by atoms with E-state index < -0.39 is 6.10 Å². The minimum absolute atomic E-state index is 0.177. The molecule has 168 valence electrons. The zero-order valence-electron chi connectivity index (χ0n) is 18.5. The molecule has 2 N–H and O–H groups in total. The highest BCUT2D eigenvalue weighted by atomic mass is 16.3. The number of rotatable bonds is 6. The smallest absolute Gasteiger partial charge is 0.271 e. The number of pyridine rings is 1. The van der Waals surface area contributed by atoms with Crippen molar-refractivity contribution in [1.29, 1.82) is 0 Å². The van der Waals surface area contributed by atoms with Crippen LogP contribution >= 0.6 is 0 Å². The van der Waals surface area contributed by atoms with E-state index >= 15 is 0 Å². The Hall–Kier alpha value is -3.62. The summed E-state index contributed by atoms with van der Waals surface area (Å²) in [6, 6.07) is 12.2. The Morgan fingerprint density at radius 1 is 1.09 bits per heavy atom. The first kappa shape index (κ1) is 21.2. The standard InChI is InChI=1S/C25H26N6O2/c1-17-26-10-21(11-27-17)20-6-7-24-29-23(16-31(24)14-20)25(33)28-12-22(32)15-30-9-8-18-4-2-3-5-19(18)13-30/h2-7,10-11,14,16,22,32H,8-9,12-13,15H2,1H3,(H,28,33)/t22-/m0/s1. The number of aromatic nitrogens is 4. The maximum absolute atomic E-state index is 12.6. The number of aliphatic hydroxyl groups is 1. The monoisotopic (exact) mass is 442 g/mol. The molecule has 1 amide bonds. The van der Waals surface area contributed by atoms with Gasteiger partial charge in [-0.15, -0.1) is 0 Å². The van der Waals surface area contributed by atoms with Gasteiger partial charge in [-0.3, -0.25) is 9.69 Å². The Morgan fingerprint density at radius 3 is 2.70 bits per heavy atom. The molecular formula is C25H26N6O2. The lowest BCUT2D eigenvalue weighted by Gasteiger charge is -2.30. The van der Waals surface area contributed by atoms with Crippen LogP contribution in [0.1, 0.15) is 27.4 Å². The molecule has 1 atom stereocenters. The molecule has 0 bridgehead atoms. The fraction of sp³-hybridized carbons (Fsp3) is 0.280. The van der Waals surface area contributed by atoms with Crippen LogP contribution < -0.4 is 5.32 Å². The van der Waals surface area contributed by atoms with Crippen molar-refractivity contribution in [2.45, 2.75) is 26.0 Å². The molecule has 3 aromatic heterocycles. The normalized spacial score (nSPS) is 14.7. The molecule has 8 heteroatoms. The predicted octanol–water partition coefficient (Wildman–Crippen LogP) is 2.25. The number of nitrogens with zero attached hydrogens (tertiary/aromatic N) is 5. The highest BCUT2D eigenvalue weighted by Crippen LogP contribution is 2.20. The van der Waals surface area contributed by atoms with Crippen molar-refractivity contribution in [3.63, 3.8) is 0 Å². The third-order valence-electron chi connectivity index (χ3n) is 5.97. The quantitative estimate of drug-likeness (QED) is 0.476. The fourth-order valence-electron chi connectivity index (χ4n) is 4.19. The van der Waals surface area contributed by atoms with Gasteiger partial charge in [-0.1, -0.05) is 24.3 Å². The van der Waals surface area contributed by atoms with Crippen molar-refractivity contribution in [3.05, 3.63) is 83.8 Å². The lowest BCUT2D eigenvalue weighted by Crippen LogP contribution is -2.42. The molecule has 4 heterocycles. The van der Waals surface area contributed by atoms with Crippen LogP contribution in [0.25, 0.3) is 16.8 Å². The second-order valence-electron chi connectivity index (χ2n) is 8.45. The van der Waals surface area contributed by atoms with Gasteiger partial charge in [0.2, 0.25) is 0 Å². The van der Waals surface area contributed by atoms with Crippen molar-refractivity contribution in [2.75, 3.05) is 19.6 Å². The van der Waals surface area contributed by atoms with Gasteiger partial charge < -0.3 is 14.8 Å². The third-order valence-corrected chi connectivity index (χ3v) is 5.97. The molecule has 1 aromatic carbocycles. The summed E-state index contributed by atoms with van der Waals surface area (Å²) in [5.74, 6) is 0.413. The van der Waals surface area contributed by atoms with E-state index in [-0.39, 0.29) is 12.5 Å². The second kappa shape index (κ2) is 9.09. The van der Waals surface area contributed by atoms with Crippen LogP contribution in [0.4, 0.5) is 0 Å². The van der Waals surface area contributed by atoms with Crippen LogP contribution in [0.2, 0.25) is 0 Å². The summed E-state index contributed by atoms with van der Waals surface area (Å²) in [7, 11) is 0. The van der Waals surface area contributed by atoms with Gasteiger partial charge in [0, 0.05) is 62.1 Å². The van der Waals surface area contributed by atoms with E-state index in [1.165, 1.54) is 11.1 Å². The van der Waals surface area contributed by atoms with Crippen LogP contribution in [0.15, 0.2) is 61.2 Å². The van der Waals surface area contributed by atoms with E-state index in [4.69, 9.17) is 0 Å². The first-order chi connectivity index (χ1) is 16.0. The van der Waals surface area contributed by atoms with E-state index in [0.717, 1.165) is 30.6 Å². The van der Waals surface area contributed by atoms with Crippen LogP contribution in [-0.2, 0) is 13.0 Å². The lowest BCUT2D eigenvalue weighted by molar-refractivity contribution is 0.0838. The predicted molar refractivity (Wildman–Crippen MR) is 125 cm³/mol. The maximum atomic E-state index is 12.6. The summed E-state index contributed by atoms with van der Waals surface area (Å²) in [4.78, 5) is 27.7. The van der Waals surface area contributed by atoms with Gasteiger partial charge >= 0.3 is 0 Å². The number of carbonyl (C=O) groups is 1. The van der Waals surface area contributed by atoms with Gasteiger partial charge in [-0.25, -0.2) is 15.0 Å². The van der Waals surface area contributed by atoms with Gasteiger partial charge in [0.05, 0.1) is 6.10 Å². The average Bonchev–Trinajstić information content (AvgIpc) is 3.26. The summed E-state index contributed by atoms with van der Waals surface area (Å²) in [5.41, 5.74) is 5.50. The Bertz CT molecular complexity index is 1280. The number of fused-ring (bicyclic) bond motifs is 2. The SMILES string of the molecule is Cc1ncc(-c2ccc3nc(C(=O)NC[C@H](O)CN4CCc5ccccc5C4)cn3c2)cn1. The third kappa shape index (κ3) is 4.76. The number of carbonyl (C=O) groups excluding carboxylic acids is 1. The zero-order valence-corrected chi connectivity index (χ0v) is 18.5. The topological polar surface area (TPSA) is 95.6 Å². The number of benzene rings is 1. The molecule has 33 heavy (non-hydrogen) atoms. The zero-order chi connectivity index (χ0) is 22.8. The molecule has 0 saturated heterocycles. The molecule has 4 aromatic rings. The molecule has 1 aliphatic rings. The highest BCUT2D eigenvalue weighted by Gasteiger charge is 2.19. The molecule has 0 fully saturated rings. The van der Waals surface area contributed by atoms with Crippen molar-refractivity contribution in [2.24, 2.45) is 0 Å². The van der Waals surface area contributed by atoms with Crippen molar-refractivity contribution < 1.29 is 9.90 Å². The molecule has 8 nitrogen and oxygen atoms in total. The van der Waals surface area contributed by atoms with Gasteiger partial charge in [-0.05, 0) is 36.6 Å². The Labute approximate surface area is 192 Å². The van der Waals surface area contributed by atoms with Crippen LogP contribution in [0.5, 0.6) is 0 Å². The Morgan fingerprint density at radius 2 is 1.88 bits per heavy atom. The lowest BCUT2D eigenvalue weighted by atomic mass is 10.00. The maximum Gasteiger partial charge on any atom is 0.271 e. The number of β-amino-alcohol motifs (C(OH)–C–C–N with tert-alkyl or cyclic N) is 1. The van der Waals surface area contributed by atoms with E-state index in [0.29, 0.717) is 23.7 Å². The fourth-order valence-corrected chi connectivity index (χ4v) is 4.19. The summed E-state index contributed by atoms with van der Waals surface area (Å²) >= 11 is 0. The second-order valence-corrected chi connectivity index (χ2v) is 8.45. The van der Waals surface area contributed by atoms with Crippen molar-refractivity contribution in [3.8, 4) is 11.1 Å². The van der Waals surface area contributed by atoms with E-state index in [1.807, 2.05) is 35.7 Å². The van der Waals surface area contributed by atoms with Crippen molar-refractivity contribution >= 4 is 11.6 Å². The molecule has 0 radical (unpaired) electrons.